The van der Waals surface area contributed by atoms with E-state index in [1.54, 1.807) is 11.3 Å². The Bertz CT molecular complexity index is 957. The van der Waals surface area contributed by atoms with E-state index in [-0.39, 0.29) is 5.91 Å². The lowest BCUT2D eigenvalue weighted by molar-refractivity contribution is -0.906. The molecule has 0 bridgehead atoms. The number of fused-ring (bicyclic) bond motifs is 1. The molecule has 6 heteroatoms. The molecule has 3 aromatic rings. The molecule has 0 atom stereocenters. The number of carbonyl (C=O) groups is 1. The number of aryl methyl sites for hydroxylation is 3. The largest absolute Gasteiger partial charge is 0.370 e. The standard InChI is InChI=1S/C24H29N3O2S/c1-18-8-9-19(2)23-22(18)25-24(30-23)27(13-12-26-14-16-29-17-15-26)21(28)11-10-20-6-4-3-5-7-20/h3-9H,10-17H2,1-2H3/p+1. The minimum absolute atomic E-state index is 0.154. The minimum Gasteiger partial charge on any atom is -0.370 e. The molecular weight excluding hydrogens is 394 g/mol. The minimum atomic E-state index is 0.154. The van der Waals surface area contributed by atoms with Crippen molar-refractivity contribution in [2.75, 3.05) is 44.3 Å². The topological polar surface area (TPSA) is 46.9 Å². The molecule has 0 unspecified atom stereocenters. The summed E-state index contributed by atoms with van der Waals surface area (Å²) >= 11 is 1.64. The number of ether oxygens (including phenoxy) is 1. The van der Waals surface area contributed by atoms with Gasteiger partial charge < -0.3 is 9.64 Å². The summed E-state index contributed by atoms with van der Waals surface area (Å²) in [7, 11) is 0. The fraction of sp³-hybridized carbons (Fsp3) is 0.417. The van der Waals surface area contributed by atoms with Crippen LogP contribution in [0.4, 0.5) is 5.13 Å². The number of hydrogen-bond acceptors (Lipinski definition) is 4. The highest BCUT2D eigenvalue weighted by Gasteiger charge is 2.23. The van der Waals surface area contributed by atoms with Crippen molar-refractivity contribution >= 4 is 32.6 Å². The van der Waals surface area contributed by atoms with Crippen LogP contribution in [0.1, 0.15) is 23.1 Å². The van der Waals surface area contributed by atoms with E-state index in [2.05, 4.69) is 38.1 Å². The van der Waals surface area contributed by atoms with Gasteiger partial charge in [-0.3, -0.25) is 9.69 Å². The van der Waals surface area contributed by atoms with Gasteiger partial charge in [-0.15, -0.1) is 0 Å². The Morgan fingerprint density at radius 1 is 1.10 bits per heavy atom. The van der Waals surface area contributed by atoms with Crippen LogP contribution in [0.25, 0.3) is 10.2 Å². The molecule has 1 N–H and O–H groups in total. The van der Waals surface area contributed by atoms with E-state index in [9.17, 15) is 4.79 Å². The van der Waals surface area contributed by atoms with Gasteiger partial charge in [-0.05, 0) is 37.0 Å². The van der Waals surface area contributed by atoms with Crippen LogP contribution >= 0.6 is 11.3 Å². The Balaban J connectivity index is 1.55. The van der Waals surface area contributed by atoms with Crippen molar-refractivity contribution in [1.82, 2.24) is 4.98 Å². The van der Waals surface area contributed by atoms with E-state index in [0.29, 0.717) is 13.0 Å². The van der Waals surface area contributed by atoms with Gasteiger partial charge in [0.25, 0.3) is 0 Å². The van der Waals surface area contributed by atoms with E-state index in [1.807, 2.05) is 23.1 Å². The van der Waals surface area contributed by atoms with Crippen molar-refractivity contribution in [3.8, 4) is 0 Å². The van der Waals surface area contributed by atoms with Gasteiger partial charge in [-0.1, -0.05) is 53.8 Å². The highest BCUT2D eigenvalue weighted by atomic mass is 32.1. The maximum Gasteiger partial charge on any atom is 0.229 e. The smallest absolute Gasteiger partial charge is 0.229 e. The SMILES string of the molecule is Cc1ccc(C)c2sc(N(CC[NH+]3CCOCC3)C(=O)CCc3ccccc3)nc12. The maximum absolute atomic E-state index is 13.3. The number of rotatable bonds is 7. The van der Waals surface area contributed by atoms with Crippen molar-refractivity contribution in [3.05, 3.63) is 59.2 Å². The lowest BCUT2D eigenvalue weighted by Crippen LogP contribution is -3.14. The molecule has 30 heavy (non-hydrogen) atoms. The van der Waals surface area contributed by atoms with Crippen molar-refractivity contribution < 1.29 is 14.4 Å². The molecule has 1 amide bonds. The molecule has 1 aromatic heterocycles. The van der Waals surface area contributed by atoms with Gasteiger partial charge in [0.05, 0.1) is 36.5 Å². The summed E-state index contributed by atoms with van der Waals surface area (Å²) in [5.74, 6) is 0.154. The summed E-state index contributed by atoms with van der Waals surface area (Å²) in [6.07, 6.45) is 1.25. The number of hydrogen-bond donors (Lipinski definition) is 1. The van der Waals surface area contributed by atoms with Crippen LogP contribution in [0, 0.1) is 13.8 Å². The van der Waals surface area contributed by atoms with Crippen LogP contribution in [-0.2, 0) is 16.0 Å². The quantitative estimate of drug-likeness (QED) is 0.635. The highest BCUT2D eigenvalue weighted by Crippen LogP contribution is 2.33. The Morgan fingerprint density at radius 3 is 2.57 bits per heavy atom. The zero-order valence-electron chi connectivity index (χ0n) is 17.8. The predicted octanol–water partition coefficient (Wildman–Crippen LogP) is 2.79. The average Bonchev–Trinajstić information content (AvgIpc) is 3.23. The van der Waals surface area contributed by atoms with Crippen molar-refractivity contribution in [3.63, 3.8) is 0 Å². The summed E-state index contributed by atoms with van der Waals surface area (Å²) in [4.78, 5) is 21.6. The van der Waals surface area contributed by atoms with Crippen LogP contribution in [0.5, 0.6) is 0 Å². The third-order valence-electron chi connectivity index (χ3n) is 5.82. The number of morpholine rings is 1. The van der Waals surface area contributed by atoms with E-state index < -0.39 is 0 Å². The third-order valence-corrected chi connectivity index (χ3v) is 7.04. The number of nitrogens with zero attached hydrogens (tertiary/aromatic N) is 2. The first-order valence-corrected chi connectivity index (χ1v) is 11.6. The second-order valence-corrected chi connectivity index (χ2v) is 8.99. The summed E-state index contributed by atoms with van der Waals surface area (Å²) < 4.78 is 6.67. The monoisotopic (exact) mass is 424 g/mol. The number of benzene rings is 2. The van der Waals surface area contributed by atoms with Gasteiger partial charge in [0.1, 0.15) is 13.1 Å². The van der Waals surface area contributed by atoms with Crippen LogP contribution in [0.3, 0.4) is 0 Å². The number of thiazole rings is 1. The highest BCUT2D eigenvalue weighted by molar-refractivity contribution is 7.22. The Kier molecular flexibility index (Phi) is 6.77. The number of anilines is 1. The van der Waals surface area contributed by atoms with Gasteiger partial charge in [0.2, 0.25) is 5.91 Å². The number of carbonyl (C=O) groups excluding carboxylic acids is 1. The van der Waals surface area contributed by atoms with Gasteiger partial charge in [0, 0.05) is 6.42 Å². The first-order valence-electron chi connectivity index (χ1n) is 10.7. The molecule has 2 heterocycles. The lowest BCUT2D eigenvalue weighted by Gasteiger charge is -2.27. The van der Waals surface area contributed by atoms with Crippen LogP contribution in [-0.4, -0.2) is 50.3 Å². The molecule has 4 rings (SSSR count). The molecule has 1 aliphatic rings. The first kappa shape index (κ1) is 21.0. The van der Waals surface area contributed by atoms with Crippen molar-refractivity contribution in [2.24, 2.45) is 0 Å². The Labute approximate surface area is 182 Å². The molecule has 1 aliphatic heterocycles. The predicted molar refractivity (Wildman–Crippen MR) is 123 cm³/mol. The lowest BCUT2D eigenvalue weighted by atomic mass is 10.1. The summed E-state index contributed by atoms with van der Waals surface area (Å²) in [6, 6.07) is 14.5. The molecule has 158 valence electrons. The number of quaternary nitrogens is 1. The van der Waals surface area contributed by atoms with Crippen LogP contribution in [0.2, 0.25) is 0 Å². The van der Waals surface area contributed by atoms with Crippen LogP contribution < -0.4 is 9.80 Å². The van der Waals surface area contributed by atoms with E-state index in [0.717, 1.165) is 55.5 Å². The van der Waals surface area contributed by atoms with Gasteiger partial charge in [0.15, 0.2) is 5.13 Å². The fourth-order valence-corrected chi connectivity index (χ4v) is 5.06. The normalized spacial score (nSPS) is 14.9. The van der Waals surface area contributed by atoms with Crippen molar-refractivity contribution in [1.29, 1.82) is 0 Å². The summed E-state index contributed by atoms with van der Waals surface area (Å²) in [6.45, 7) is 9.44. The molecule has 2 aromatic carbocycles. The fourth-order valence-electron chi connectivity index (χ4n) is 3.90. The zero-order valence-corrected chi connectivity index (χ0v) is 18.6. The molecule has 1 saturated heterocycles. The number of nitrogens with one attached hydrogen (secondary N) is 1. The maximum atomic E-state index is 13.3. The van der Waals surface area contributed by atoms with E-state index in [1.165, 1.54) is 20.7 Å². The van der Waals surface area contributed by atoms with Crippen LogP contribution in [0.15, 0.2) is 42.5 Å². The van der Waals surface area contributed by atoms with Gasteiger partial charge in [-0.25, -0.2) is 4.98 Å². The van der Waals surface area contributed by atoms with Crippen molar-refractivity contribution in [2.45, 2.75) is 26.7 Å². The molecule has 0 radical (unpaired) electrons. The summed E-state index contributed by atoms with van der Waals surface area (Å²) in [5, 5.41) is 0.827. The van der Waals surface area contributed by atoms with E-state index in [4.69, 9.17) is 9.72 Å². The molecule has 0 saturated carbocycles. The Hall–Kier alpha value is -2.28. The average molecular weight is 425 g/mol. The number of amides is 1. The second kappa shape index (κ2) is 9.69. The second-order valence-electron chi connectivity index (χ2n) is 8.02. The molecule has 0 aliphatic carbocycles. The first-order chi connectivity index (χ1) is 14.6. The molecule has 5 nitrogen and oxygen atoms in total. The third kappa shape index (κ3) is 4.89. The molecule has 0 spiro atoms. The van der Waals surface area contributed by atoms with Gasteiger partial charge >= 0.3 is 0 Å². The zero-order chi connectivity index (χ0) is 20.9. The molecule has 1 fully saturated rings. The molecular formula is C24H30N3O2S+. The van der Waals surface area contributed by atoms with E-state index >= 15 is 0 Å². The summed E-state index contributed by atoms with van der Waals surface area (Å²) in [5.41, 5.74) is 4.60. The van der Waals surface area contributed by atoms with Gasteiger partial charge in [-0.2, -0.15) is 0 Å². The Morgan fingerprint density at radius 2 is 1.83 bits per heavy atom. The number of aromatic nitrogens is 1.